The van der Waals surface area contributed by atoms with Crippen LogP contribution in [-0.2, 0) is 4.74 Å². The third-order valence-electron chi connectivity index (χ3n) is 2.60. The Bertz CT molecular complexity index is 409. The second-order valence-corrected chi connectivity index (χ2v) is 4.79. The van der Waals surface area contributed by atoms with Gasteiger partial charge in [0.15, 0.2) is 0 Å². The van der Waals surface area contributed by atoms with Crippen molar-refractivity contribution < 1.29 is 14.3 Å². The standard InChI is InChI=1S/C13H18BrNO3/c1-4-10(8-17-2)15-13(16)11-6-5-9(14)7-12(11)18-3/h5-7,10H,4,8H2,1-3H3,(H,15,16). The van der Waals surface area contributed by atoms with Gasteiger partial charge in [-0.3, -0.25) is 4.79 Å². The molecule has 0 bridgehead atoms. The lowest BCUT2D eigenvalue weighted by Crippen LogP contribution is -2.37. The Morgan fingerprint density at radius 3 is 2.72 bits per heavy atom. The number of carbonyl (C=O) groups is 1. The molecule has 0 aromatic heterocycles. The van der Waals surface area contributed by atoms with Gasteiger partial charge in [0.25, 0.3) is 5.91 Å². The number of methoxy groups -OCH3 is 2. The average molecular weight is 316 g/mol. The van der Waals surface area contributed by atoms with Gasteiger partial charge in [0, 0.05) is 11.6 Å². The number of ether oxygens (including phenoxy) is 2. The van der Waals surface area contributed by atoms with Crippen molar-refractivity contribution in [1.82, 2.24) is 5.32 Å². The predicted octanol–water partition coefficient (Wildman–Crippen LogP) is 2.61. The highest BCUT2D eigenvalue weighted by molar-refractivity contribution is 9.10. The maximum atomic E-state index is 12.1. The lowest BCUT2D eigenvalue weighted by atomic mass is 10.1. The summed E-state index contributed by atoms with van der Waals surface area (Å²) < 4.78 is 11.1. The zero-order chi connectivity index (χ0) is 13.5. The molecular weight excluding hydrogens is 298 g/mol. The van der Waals surface area contributed by atoms with Crippen LogP contribution in [0.4, 0.5) is 0 Å². The molecule has 18 heavy (non-hydrogen) atoms. The first-order chi connectivity index (χ1) is 8.62. The molecule has 0 fully saturated rings. The summed E-state index contributed by atoms with van der Waals surface area (Å²) in [5.74, 6) is 0.400. The number of amides is 1. The number of hydrogen-bond donors (Lipinski definition) is 1. The topological polar surface area (TPSA) is 47.6 Å². The van der Waals surface area contributed by atoms with Gasteiger partial charge in [-0.2, -0.15) is 0 Å². The number of hydrogen-bond acceptors (Lipinski definition) is 3. The van der Waals surface area contributed by atoms with Crippen LogP contribution in [0.5, 0.6) is 5.75 Å². The van der Waals surface area contributed by atoms with Crippen molar-refractivity contribution in [2.75, 3.05) is 20.8 Å². The summed E-state index contributed by atoms with van der Waals surface area (Å²) in [7, 11) is 3.17. The van der Waals surface area contributed by atoms with E-state index in [2.05, 4.69) is 21.2 Å². The fourth-order valence-corrected chi connectivity index (χ4v) is 1.92. The van der Waals surface area contributed by atoms with Gasteiger partial charge in [0.2, 0.25) is 0 Å². The third kappa shape index (κ3) is 3.99. The summed E-state index contributed by atoms with van der Waals surface area (Å²) in [4.78, 5) is 12.1. The molecule has 1 rings (SSSR count). The van der Waals surface area contributed by atoms with Crippen LogP contribution < -0.4 is 10.1 Å². The van der Waals surface area contributed by atoms with Crippen LogP contribution in [0.15, 0.2) is 22.7 Å². The minimum atomic E-state index is -0.150. The van der Waals surface area contributed by atoms with Gasteiger partial charge in [-0.15, -0.1) is 0 Å². The summed E-state index contributed by atoms with van der Waals surface area (Å²) >= 11 is 3.34. The van der Waals surface area contributed by atoms with Crippen molar-refractivity contribution in [2.24, 2.45) is 0 Å². The maximum absolute atomic E-state index is 12.1. The molecule has 100 valence electrons. The Hall–Kier alpha value is -1.07. The number of carbonyl (C=O) groups excluding carboxylic acids is 1. The van der Waals surface area contributed by atoms with Gasteiger partial charge in [-0.1, -0.05) is 22.9 Å². The highest BCUT2D eigenvalue weighted by atomic mass is 79.9. The fraction of sp³-hybridized carbons (Fsp3) is 0.462. The van der Waals surface area contributed by atoms with E-state index in [9.17, 15) is 4.79 Å². The Morgan fingerprint density at radius 2 is 2.17 bits per heavy atom. The summed E-state index contributed by atoms with van der Waals surface area (Å²) in [6, 6.07) is 5.33. The summed E-state index contributed by atoms with van der Waals surface area (Å²) in [6.45, 7) is 2.50. The molecule has 0 saturated heterocycles. The molecule has 5 heteroatoms. The monoisotopic (exact) mass is 315 g/mol. The second-order valence-electron chi connectivity index (χ2n) is 3.88. The van der Waals surface area contributed by atoms with E-state index in [0.717, 1.165) is 10.9 Å². The molecular formula is C13H18BrNO3. The summed E-state index contributed by atoms with van der Waals surface area (Å²) in [5, 5.41) is 2.92. The van der Waals surface area contributed by atoms with Crippen molar-refractivity contribution in [3.8, 4) is 5.75 Å². The molecule has 0 aliphatic rings. The van der Waals surface area contributed by atoms with Crippen LogP contribution in [0.3, 0.4) is 0 Å². The molecule has 1 atom stereocenters. The molecule has 0 radical (unpaired) electrons. The molecule has 4 nitrogen and oxygen atoms in total. The zero-order valence-corrected chi connectivity index (χ0v) is 12.4. The molecule has 0 spiro atoms. The van der Waals surface area contributed by atoms with E-state index in [-0.39, 0.29) is 11.9 Å². The first-order valence-corrected chi connectivity index (χ1v) is 6.55. The van der Waals surface area contributed by atoms with Crippen LogP contribution in [0.25, 0.3) is 0 Å². The SMILES string of the molecule is CCC(COC)NC(=O)c1ccc(Br)cc1OC. The molecule has 0 heterocycles. The minimum absolute atomic E-state index is 0.0100. The first kappa shape index (κ1) is 15.0. The molecule has 1 unspecified atom stereocenters. The van der Waals surface area contributed by atoms with Crippen molar-refractivity contribution in [3.05, 3.63) is 28.2 Å². The van der Waals surface area contributed by atoms with Crippen LogP contribution in [0.1, 0.15) is 23.7 Å². The quantitative estimate of drug-likeness (QED) is 0.877. The average Bonchev–Trinajstić information content (AvgIpc) is 2.37. The van der Waals surface area contributed by atoms with E-state index >= 15 is 0 Å². The summed E-state index contributed by atoms with van der Waals surface area (Å²) in [5.41, 5.74) is 0.523. The smallest absolute Gasteiger partial charge is 0.255 e. The fourth-order valence-electron chi connectivity index (χ4n) is 1.58. The molecule has 0 aliphatic carbocycles. The number of nitrogens with one attached hydrogen (secondary N) is 1. The van der Waals surface area contributed by atoms with Gasteiger partial charge >= 0.3 is 0 Å². The normalized spacial score (nSPS) is 12.0. The molecule has 1 aromatic carbocycles. The molecule has 0 aliphatic heterocycles. The Morgan fingerprint density at radius 1 is 1.44 bits per heavy atom. The van der Waals surface area contributed by atoms with E-state index in [4.69, 9.17) is 9.47 Å². The predicted molar refractivity (Wildman–Crippen MR) is 74.1 cm³/mol. The van der Waals surface area contributed by atoms with Gasteiger partial charge in [-0.25, -0.2) is 0 Å². The maximum Gasteiger partial charge on any atom is 0.255 e. The van der Waals surface area contributed by atoms with Gasteiger partial charge in [0.1, 0.15) is 5.75 Å². The summed E-state index contributed by atoms with van der Waals surface area (Å²) in [6.07, 6.45) is 0.818. The van der Waals surface area contributed by atoms with Crippen molar-refractivity contribution in [2.45, 2.75) is 19.4 Å². The van der Waals surface area contributed by atoms with Gasteiger partial charge < -0.3 is 14.8 Å². The van der Waals surface area contributed by atoms with Gasteiger partial charge in [-0.05, 0) is 24.6 Å². The largest absolute Gasteiger partial charge is 0.496 e. The third-order valence-corrected chi connectivity index (χ3v) is 3.10. The number of rotatable bonds is 6. The lowest BCUT2D eigenvalue weighted by molar-refractivity contribution is 0.0891. The van der Waals surface area contributed by atoms with Crippen LogP contribution in [0, 0.1) is 0 Å². The molecule has 0 saturated carbocycles. The minimum Gasteiger partial charge on any atom is -0.496 e. The highest BCUT2D eigenvalue weighted by Crippen LogP contribution is 2.23. The van der Waals surface area contributed by atoms with Crippen LogP contribution in [0.2, 0.25) is 0 Å². The number of halogens is 1. The van der Waals surface area contributed by atoms with Crippen molar-refractivity contribution >= 4 is 21.8 Å². The van der Waals surface area contributed by atoms with Crippen LogP contribution >= 0.6 is 15.9 Å². The van der Waals surface area contributed by atoms with E-state index in [1.165, 1.54) is 0 Å². The van der Waals surface area contributed by atoms with E-state index < -0.39 is 0 Å². The lowest BCUT2D eigenvalue weighted by Gasteiger charge is -2.17. The van der Waals surface area contributed by atoms with Crippen molar-refractivity contribution in [1.29, 1.82) is 0 Å². The first-order valence-electron chi connectivity index (χ1n) is 5.75. The van der Waals surface area contributed by atoms with E-state index in [0.29, 0.717) is 17.9 Å². The van der Waals surface area contributed by atoms with E-state index in [1.807, 2.05) is 13.0 Å². The molecule has 1 N–H and O–H groups in total. The Labute approximate surface area is 116 Å². The van der Waals surface area contributed by atoms with Gasteiger partial charge in [0.05, 0.1) is 25.3 Å². The number of benzene rings is 1. The molecule has 1 aromatic rings. The Balaban J connectivity index is 2.83. The second kappa shape index (κ2) is 7.38. The zero-order valence-electron chi connectivity index (χ0n) is 10.8. The van der Waals surface area contributed by atoms with Crippen LogP contribution in [-0.4, -0.2) is 32.8 Å². The Kier molecular flexibility index (Phi) is 6.15. The van der Waals surface area contributed by atoms with Crippen molar-refractivity contribution in [3.63, 3.8) is 0 Å². The van der Waals surface area contributed by atoms with E-state index in [1.54, 1.807) is 26.4 Å². The highest BCUT2D eigenvalue weighted by Gasteiger charge is 2.16. The molecule has 1 amide bonds.